The van der Waals surface area contributed by atoms with Gasteiger partial charge in [0.2, 0.25) is 0 Å². The molecule has 0 saturated heterocycles. The summed E-state index contributed by atoms with van der Waals surface area (Å²) in [7, 11) is 0. The Morgan fingerprint density at radius 3 is 1.76 bits per heavy atom. The fraction of sp³-hybridized carbons (Fsp3) is 1.00. The fourth-order valence-electron chi connectivity index (χ4n) is 2.75. The summed E-state index contributed by atoms with van der Waals surface area (Å²) in [6.07, 6.45) is 16.5. The van der Waals surface area contributed by atoms with E-state index >= 15 is 0 Å². The van der Waals surface area contributed by atoms with Gasteiger partial charge in [0, 0.05) is 4.83 Å². The van der Waals surface area contributed by atoms with Gasteiger partial charge in [-0.15, -0.1) is 0 Å². The Bertz CT molecular complexity index is 206. The van der Waals surface area contributed by atoms with Crippen LogP contribution in [0.15, 0.2) is 0 Å². The number of aliphatic hydroxyl groups excluding tert-OH is 1. The van der Waals surface area contributed by atoms with Gasteiger partial charge >= 0.3 is 0 Å². The molecule has 0 aliphatic rings. The predicted octanol–water partition coefficient (Wildman–Crippen LogP) is 6.86. The van der Waals surface area contributed by atoms with Gasteiger partial charge in [-0.25, -0.2) is 0 Å². The second kappa shape index (κ2) is 15.3. The molecule has 0 rings (SSSR count). The molecular weight excluding hydrogens is 324 g/mol. The minimum Gasteiger partial charge on any atom is -0.392 e. The first-order chi connectivity index (χ1) is 10.1. The van der Waals surface area contributed by atoms with Gasteiger partial charge < -0.3 is 5.11 Å². The third-order valence-corrected chi connectivity index (χ3v) is 5.35. The van der Waals surface area contributed by atoms with E-state index in [1.807, 2.05) is 0 Å². The van der Waals surface area contributed by atoms with Crippen LogP contribution in [0, 0.1) is 5.92 Å². The zero-order chi connectivity index (χ0) is 15.9. The standard InChI is InChI=1S/C19H39BrO/c1-4-5-6-7-8-9-10-11-16-19(21)18(20)15-13-12-14-17(2)3/h17-19,21H,4-16H2,1-3H3. The quantitative estimate of drug-likeness (QED) is 0.249. The second-order valence-electron chi connectivity index (χ2n) is 7.03. The maximum Gasteiger partial charge on any atom is 0.0665 e. The molecule has 0 aromatic carbocycles. The number of halogens is 1. The van der Waals surface area contributed by atoms with Crippen molar-refractivity contribution < 1.29 is 5.11 Å². The fourth-order valence-corrected chi connectivity index (χ4v) is 3.34. The van der Waals surface area contributed by atoms with E-state index < -0.39 is 0 Å². The lowest BCUT2D eigenvalue weighted by Gasteiger charge is -2.17. The molecule has 0 heterocycles. The monoisotopic (exact) mass is 362 g/mol. The summed E-state index contributed by atoms with van der Waals surface area (Å²) in [5, 5.41) is 10.2. The molecule has 21 heavy (non-hydrogen) atoms. The highest BCUT2D eigenvalue weighted by Gasteiger charge is 2.15. The van der Waals surface area contributed by atoms with E-state index in [1.165, 1.54) is 70.6 Å². The van der Waals surface area contributed by atoms with Crippen molar-refractivity contribution in [3.63, 3.8) is 0 Å². The highest BCUT2D eigenvalue weighted by Crippen LogP contribution is 2.20. The Kier molecular flexibility index (Phi) is 15.7. The molecule has 0 fully saturated rings. The maximum absolute atomic E-state index is 10.2. The maximum atomic E-state index is 10.2. The predicted molar refractivity (Wildman–Crippen MR) is 99.3 cm³/mol. The first kappa shape index (κ1) is 21.4. The first-order valence-electron chi connectivity index (χ1n) is 9.40. The van der Waals surface area contributed by atoms with E-state index in [-0.39, 0.29) is 6.10 Å². The van der Waals surface area contributed by atoms with E-state index in [4.69, 9.17) is 0 Å². The van der Waals surface area contributed by atoms with Crippen molar-refractivity contribution in [2.24, 2.45) is 5.92 Å². The third-order valence-electron chi connectivity index (χ3n) is 4.28. The van der Waals surface area contributed by atoms with Gasteiger partial charge in [0.15, 0.2) is 0 Å². The van der Waals surface area contributed by atoms with Crippen molar-refractivity contribution >= 4 is 15.9 Å². The zero-order valence-corrected chi connectivity index (χ0v) is 16.3. The lowest BCUT2D eigenvalue weighted by Crippen LogP contribution is -2.20. The number of aliphatic hydroxyl groups is 1. The highest BCUT2D eigenvalue weighted by atomic mass is 79.9. The summed E-state index contributed by atoms with van der Waals surface area (Å²) in [6.45, 7) is 6.83. The Morgan fingerprint density at radius 2 is 1.19 bits per heavy atom. The number of hydrogen-bond donors (Lipinski definition) is 1. The van der Waals surface area contributed by atoms with Gasteiger partial charge in [-0.05, 0) is 18.8 Å². The van der Waals surface area contributed by atoms with Crippen molar-refractivity contribution in [1.82, 2.24) is 0 Å². The summed E-state index contributed by atoms with van der Waals surface area (Å²) >= 11 is 3.67. The van der Waals surface area contributed by atoms with Crippen molar-refractivity contribution in [3.05, 3.63) is 0 Å². The van der Waals surface area contributed by atoms with E-state index in [9.17, 15) is 5.11 Å². The molecule has 1 nitrogen and oxygen atoms in total. The van der Waals surface area contributed by atoms with Gasteiger partial charge in [0.1, 0.15) is 0 Å². The first-order valence-corrected chi connectivity index (χ1v) is 10.3. The van der Waals surface area contributed by atoms with Crippen LogP contribution in [0.25, 0.3) is 0 Å². The summed E-state index contributed by atoms with van der Waals surface area (Å²) in [5.74, 6) is 0.807. The molecular formula is C19H39BrO. The Hall–Kier alpha value is 0.440. The van der Waals surface area contributed by atoms with Crippen LogP contribution in [0.4, 0.5) is 0 Å². The summed E-state index contributed by atoms with van der Waals surface area (Å²) in [5.41, 5.74) is 0. The van der Waals surface area contributed by atoms with Gasteiger partial charge in [-0.2, -0.15) is 0 Å². The molecule has 0 saturated carbocycles. The zero-order valence-electron chi connectivity index (χ0n) is 14.7. The van der Waals surface area contributed by atoms with Crippen molar-refractivity contribution in [1.29, 1.82) is 0 Å². The number of alkyl halides is 1. The van der Waals surface area contributed by atoms with Gasteiger partial charge in [-0.1, -0.05) is 107 Å². The van der Waals surface area contributed by atoms with Crippen LogP contribution in [0.5, 0.6) is 0 Å². The molecule has 0 bridgehead atoms. The Morgan fingerprint density at radius 1 is 0.714 bits per heavy atom. The number of unbranched alkanes of at least 4 members (excludes halogenated alkanes) is 8. The van der Waals surface area contributed by atoms with E-state index in [2.05, 4.69) is 36.7 Å². The lowest BCUT2D eigenvalue weighted by molar-refractivity contribution is 0.155. The highest BCUT2D eigenvalue weighted by molar-refractivity contribution is 9.09. The molecule has 0 aliphatic heterocycles. The average Bonchev–Trinajstić information content (AvgIpc) is 2.45. The smallest absolute Gasteiger partial charge is 0.0665 e. The molecule has 0 amide bonds. The van der Waals surface area contributed by atoms with E-state index in [1.54, 1.807) is 0 Å². The summed E-state index contributed by atoms with van der Waals surface area (Å²) in [4.78, 5) is 0.300. The SMILES string of the molecule is CCCCCCCCCCC(O)C(Br)CCCCC(C)C. The molecule has 128 valence electrons. The molecule has 2 heteroatoms. The minimum atomic E-state index is -0.149. The lowest BCUT2D eigenvalue weighted by atomic mass is 10.0. The topological polar surface area (TPSA) is 20.2 Å². The van der Waals surface area contributed by atoms with E-state index in [0.29, 0.717) is 4.83 Å². The van der Waals surface area contributed by atoms with Gasteiger partial charge in [0.05, 0.1) is 6.10 Å². The normalized spacial score (nSPS) is 14.6. The average molecular weight is 363 g/mol. The molecule has 0 spiro atoms. The molecule has 2 atom stereocenters. The molecule has 2 unspecified atom stereocenters. The van der Waals surface area contributed by atoms with Gasteiger partial charge in [-0.3, -0.25) is 0 Å². The molecule has 0 radical (unpaired) electrons. The Labute approximate surface area is 142 Å². The van der Waals surface area contributed by atoms with Crippen LogP contribution >= 0.6 is 15.9 Å². The summed E-state index contributed by atoms with van der Waals surface area (Å²) < 4.78 is 0. The molecule has 0 aromatic heterocycles. The van der Waals surface area contributed by atoms with Crippen molar-refractivity contribution in [3.8, 4) is 0 Å². The van der Waals surface area contributed by atoms with Crippen LogP contribution in [0.2, 0.25) is 0 Å². The van der Waals surface area contributed by atoms with Crippen LogP contribution in [0.3, 0.4) is 0 Å². The van der Waals surface area contributed by atoms with E-state index in [0.717, 1.165) is 18.8 Å². The van der Waals surface area contributed by atoms with Gasteiger partial charge in [0.25, 0.3) is 0 Å². The van der Waals surface area contributed by atoms with Crippen LogP contribution in [-0.2, 0) is 0 Å². The second-order valence-corrected chi connectivity index (χ2v) is 8.20. The number of rotatable bonds is 15. The van der Waals surface area contributed by atoms with Crippen molar-refractivity contribution in [2.75, 3.05) is 0 Å². The van der Waals surface area contributed by atoms with Crippen LogP contribution in [0.1, 0.15) is 104 Å². The largest absolute Gasteiger partial charge is 0.392 e. The Balaban J connectivity index is 3.36. The third kappa shape index (κ3) is 15.1. The molecule has 1 N–H and O–H groups in total. The van der Waals surface area contributed by atoms with Crippen LogP contribution in [-0.4, -0.2) is 16.0 Å². The summed E-state index contributed by atoms with van der Waals surface area (Å²) in [6, 6.07) is 0. The molecule has 0 aromatic rings. The minimum absolute atomic E-state index is 0.149. The van der Waals surface area contributed by atoms with Crippen LogP contribution < -0.4 is 0 Å². The number of hydrogen-bond acceptors (Lipinski definition) is 1. The molecule has 0 aliphatic carbocycles. The van der Waals surface area contributed by atoms with Crippen molar-refractivity contribution in [2.45, 2.75) is 115 Å².